The highest BCUT2D eigenvalue weighted by atomic mass is 32.2. The molecule has 0 amide bonds. The quantitative estimate of drug-likeness (QED) is 0.717. The van der Waals surface area contributed by atoms with Gasteiger partial charge in [-0.2, -0.15) is 0 Å². The van der Waals surface area contributed by atoms with Crippen LogP contribution in [-0.2, 0) is 16.6 Å². The molecule has 0 aliphatic heterocycles. The number of aromatic carboxylic acids is 1. The van der Waals surface area contributed by atoms with Crippen molar-refractivity contribution in [1.82, 2.24) is 4.72 Å². The summed E-state index contributed by atoms with van der Waals surface area (Å²) in [4.78, 5) is 11.1. The highest BCUT2D eigenvalue weighted by molar-refractivity contribution is 7.89. The molecule has 3 N–H and O–H groups in total. The molecular formula is C14H16N2O5S. The van der Waals surface area contributed by atoms with E-state index in [0.29, 0.717) is 18.0 Å². The highest BCUT2D eigenvalue weighted by Gasteiger charge is 2.19. The predicted molar refractivity (Wildman–Crippen MR) is 80.3 cm³/mol. The Balaban J connectivity index is 2.26. The fourth-order valence-corrected chi connectivity index (χ4v) is 2.89. The summed E-state index contributed by atoms with van der Waals surface area (Å²) in [6.07, 6.45) is 1.44. The molecular weight excluding hydrogens is 308 g/mol. The van der Waals surface area contributed by atoms with Crippen molar-refractivity contribution in [2.75, 3.05) is 11.9 Å². The van der Waals surface area contributed by atoms with Crippen LogP contribution in [0.3, 0.4) is 0 Å². The first-order chi connectivity index (χ1) is 10.4. The summed E-state index contributed by atoms with van der Waals surface area (Å²) < 4.78 is 31.8. The third-order valence-corrected chi connectivity index (χ3v) is 4.31. The summed E-state index contributed by atoms with van der Waals surface area (Å²) in [6.45, 7) is 2.34. The van der Waals surface area contributed by atoms with Gasteiger partial charge in [-0.3, -0.25) is 0 Å². The van der Waals surface area contributed by atoms with Gasteiger partial charge >= 0.3 is 5.97 Å². The van der Waals surface area contributed by atoms with E-state index in [4.69, 9.17) is 4.42 Å². The minimum Gasteiger partial charge on any atom is -0.478 e. The van der Waals surface area contributed by atoms with Gasteiger partial charge in [0.25, 0.3) is 0 Å². The monoisotopic (exact) mass is 324 g/mol. The SMILES string of the molecule is CCNc1ccc(S(=O)(=O)NCc2ccco2)cc1C(=O)O. The van der Waals surface area contributed by atoms with Crippen molar-refractivity contribution < 1.29 is 22.7 Å². The maximum absolute atomic E-state index is 12.2. The van der Waals surface area contributed by atoms with E-state index in [1.54, 1.807) is 12.1 Å². The topological polar surface area (TPSA) is 109 Å². The van der Waals surface area contributed by atoms with E-state index in [1.807, 2.05) is 6.92 Å². The van der Waals surface area contributed by atoms with Gasteiger partial charge in [-0.1, -0.05) is 0 Å². The number of sulfonamides is 1. The fourth-order valence-electron chi connectivity index (χ4n) is 1.87. The number of hydrogen-bond donors (Lipinski definition) is 3. The molecule has 2 aromatic rings. The Hall–Kier alpha value is -2.32. The van der Waals surface area contributed by atoms with Gasteiger partial charge in [0.05, 0.1) is 23.3 Å². The molecule has 1 heterocycles. The standard InChI is InChI=1S/C14H16N2O5S/c1-2-15-13-6-5-11(8-12(13)14(17)18)22(19,20)16-9-10-4-3-7-21-10/h3-8,15-16H,2,9H2,1H3,(H,17,18). The lowest BCUT2D eigenvalue weighted by molar-refractivity contribution is 0.0697. The van der Waals surface area contributed by atoms with Gasteiger partial charge in [-0.05, 0) is 37.3 Å². The zero-order valence-corrected chi connectivity index (χ0v) is 12.7. The Morgan fingerprint density at radius 1 is 1.32 bits per heavy atom. The van der Waals surface area contributed by atoms with Crippen molar-refractivity contribution in [2.24, 2.45) is 0 Å². The Morgan fingerprint density at radius 3 is 2.68 bits per heavy atom. The van der Waals surface area contributed by atoms with Crippen LogP contribution in [-0.4, -0.2) is 26.0 Å². The van der Waals surface area contributed by atoms with Gasteiger partial charge in [0, 0.05) is 12.2 Å². The van der Waals surface area contributed by atoms with E-state index >= 15 is 0 Å². The van der Waals surface area contributed by atoms with Gasteiger partial charge in [-0.25, -0.2) is 17.9 Å². The maximum Gasteiger partial charge on any atom is 0.337 e. The number of hydrogen-bond acceptors (Lipinski definition) is 5. The van der Waals surface area contributed by atoms with Crippen LogP contribution in [0.1, 0.15) is 23.0 Å². The molecule has 0 saturated heterocycles. The number of benzene rings is 1. The van der Waals surface area contributed by atoms with Crippen LogP contribution in [0, 0.1) is 0 Å². The Labute approximate surface area is 128 Å². The summed E-state index contributed by atoms with van der Waals surface area (Å²) >= 11 is 0. The van der Waals surface area contributed by atoms with Gasteiger partial charge in [0.1, 0.15) is 5.76 Å². The van der Waals surface area contributed by atoms with Crippen LogP contribution in [0.15, 0.2) is 45.9 Å². The van der Waals surface area contributed by atoms with E-state index in [9.17, 15) is 18.3 Å². The zero-order valence-electron chi connectivity index (χ0n) is 11.9. The molecule has 7 nitrogen and oxygen atoms in total. The number of carboxylic acids is 1. The van der Waals surface area contributed by atoms with E-state index in [2.05, 4.69) is 10.0 Å². The minimum absolute atomic E-state index is 0.00724. The zero-order chi connectivity index (χ0) is 16.2. The molecule has 0 bridgehead atoms. The fraction of sp³-hybridized carbons (Fsp3) is 0.214. The van der Waals surface area contributed by atoms with Crippen LogP contribution in [0.2, 0.25) is 0 Å². The van der Waals surface area contributed by atoms with Crippen molar-refractivity contribution in [3.8, 4) is 0 Å². The third kappa shape index (κ3) is 3.66. The first-order valence-corrected chi connectivity index (χ1v) is 8.05. The maximum atomic E-state index is 12.2. The Bertz CT molecular complexity index is 754. The van der Waals surface area contributed by atoms with Crippen LogP contribution >= 0.6 is 0 Å². The van der Waals surface area contributed by atoms with Crippen molar-refractivity contribution in [1.29, 1.82) is 0 Å². The second-order valence-electron chi connectivity index (χ2n) is 4.45. The third-order valence-electron chi connectivity index (χ3n) is 2.92. The molecule has 0 aliphatic carbocycles. The molecule has 0 fully saturated rings. The molecule has 22 heavy (non-hydrogen) atoms. The lowest BCUT2D eigenvalue weighted by atomic mass is 10.2. The molecule has 0 saturated carbocycles. The first-order valence-electron chi connectivity index (χ1n) is 6.57. The molecule has 0 unspecified atom stereocenters. The summed E-state index contributed by atoms with van der Waals surface area (Å²) in [5.41, 5.74) is 0.280. The first kappa shape index (κ1) is 16.1. The highest BCUT2D eigenvalue weighted by Crippen LogP contribution is 2.21. The smallest absolute Gasteiger partial charge is 0.337 e. The number of rotatable bonds is 7. The number of carboxylic acid groups (broad SMARTS) is 1. The van der Waals surface area contributed by atoms with Crippen molar-refractivity contribution in [2.45, 2.75) is 18.4 Å². The summed E-state index contributed by atoms with van der Waals surface area (Å²) in [5.74, 6) is -0.731. The van der Waals surface area contributed by atoms with E-state index in [1.165, 1.54) is 18.4 Å². The molecule has 0 aliphatic rings. The largest absolute Gasteiger partial charge is 0.478 e. The summed E-state index contributed by atoms with van der Waals surface area (Å²) in [7, 11) is -3.83. The molecule has 0 spiro atoms. The van der Waals surface area contributed by atoms with E-state index in [0.717, 1.165) is 6.07 Å². The summed E-state index contributed by atoms with van der Waals surface area (Å²) in [6, 6.07) is 7.21. The van der Waals surface area contributed by atoms with Crippen molar-refractivity contribution >= 4 is 21.7 Å². The average molecular weight is 324 g/mol. The van der Waals surface area contributed by atoms with Crippen LogP contribution < -0.4 is 10.0 Å². The Morgan fingerprint density at radius 2 is 2.09 bits per heavy atom. The molecule has 118 valence electrons. The average Bonchev–Trinajstić information content (AvgIpc) is 2.99. The van der Waals surface area contributed by atoms with Crippen LogP contribution in [0.25, 0.3) is 0 Å². The Kier molecular flexibility index (Phi) is 4.84. The van der Waals surface area contributed by atoms with Crippen molar-refractivity contribution in [3.63, 3.8) is 0 Å². The van der Waals surface area contributed by atoms with Gasteiger partial charge in [0.15, 0.2) is 0 Å². The molecule has 1 aromatic heterocycles. The molecule has 1 aromatic carbocycles. The second-order valence-corrected chi connectivity index (χ2v) is 6.21. The van der Waals surface area contributed by atoms with Crippen LogP contribution in [0.5, 0.6) is 0 Å². The van der Waals surface area contributed by atoms with Gasteiger partial charge in [0.2, 0.25) is 10.0 Å². The minimum atomic E-state index is -3.83. The lowest BCUT2D eigenvalue weighted by Crippen LogP contribution is -2.23. The molecule has 8 heteroatoms. The normalized spacial score (nSPS) is 11.3. The number of furan rings is 1. The van der Waals surface area contributed by atoms with E-state index in [-0.39, 0.29) is 17.0 Å². The number of anilines is 1. The number of carbonyl (C=O) groups is 1. The van der Waals surface area contributed by atoms with Crippen molar-refractivity contribution in [3.05, 3.63) is 47.9 Å². The summed E-state index contributed by atoms with van der Waals surface area (Å²) in [5, 5.41) is 12.1. The molecule has 0 atom stereocenters. The second kappa shape index (κ2) is 6.63. The molecule has 2 rings (SSSR count). The van der Waals surface area contributed by atoms with E-state index < -0.39 is 16.0 Å². The van der Waals surface area contributed by atoms with Crippen LogP contribution in [0.4, 0.5) is 5.69 Å². The number of nitrogens with one attached hydrogen (secondary N) is 2. The van der Waals surface area contributed by atoms with Gasteiger partial charge in [-0.15, -0.1) is 0 Å². The van der Waals surface area contributed by atoms with Gasteiger partial charge < -0.3 is 14.8 Å². The molecule has 0 radical (unpaired) electrons. The predicted octanol–water partition coefficient (Wildman–Crippen LogP) is 1.89. The lowest BCUT2D eigenvalue weighted by Gasteiger charge is -2.10.